The SMILES string of the molecule is CCNC1(C#N)CCCC2CC21. The molecule has 2 fully saturated rings. The highest BCUT2D eigenvalue weighted by Gasteiger charge is 2.54. The van der Waals surface area contributed by atoms with Crippen LogP contribution in [0.25, 0.3) is 0 Å². The number of nitrogens with one attached hydrogen (secondary N) is 1. The van der Waals surface area contributed by atoms with Gasteiger partial charge in [-0.1, -0.05) is 13.3 Å². The van der Waals surface area contributed by atoms with Gasteiger partial charge in [0.2, 0.25) is 0 Å². The van der Waals surface area contributed by atoms with E-state index in [0.717, 1.165) is 18.9 Å². The van der Waals surface area contributed by atoms with Crippen molar-refractivity contribution in [1.82, 2.24) is 5.32 Å². The van der Waals surface area contributed by atoms with Crippen molar-refractivity contribution in [2.45, 2.75) is 38.1 Å². The van der Waals surface area contributed by atoms with E-state index >= 15 is 0 Å². The van der Waals surface area contributed by atoms with E-state index in [9.17, 15) is 0 Å². The molecule has 2 aliphatic rings. The first kappa shape index (κ1) is 8.07. The van der Waals surface area contributed by atoms with Gasteiger partial charge in [-0.2, -0.15) is 5.26 Å². The number of nitrogens with zero attached hydrogens (tertiary/aromatic N) is 1. The van der Waals surface area contributed by atoms with Crippen LogP contribution in [0.5, 0.6) is 0 Å². The van der Waals surface area contributed by atoms with Gasteiger partial charge in [-0.05, 0) is 37.6 Å². The predicted molar refractivity (Wildman–Crippen MR) is 47.5 cm³/mol. The maximum absolute atomic E-state index is 9.16. The minimum absolute atomic E-state index is 0.141. The van der Waals surface area contributed by atoms with Crippen molar-refractivity contribution in [3.8, 4) is 6.07 Å². The topological polar surface area (TPSA) is 35.8 Å². The second-order valence-corrected chi connectivity index (χ2v) is 4.11. The standard InChI is InChI=1S/C10H16N2/c1-2-12-10(7-11)5-3-4-8-6-9(8)10/h8-9,12H,2-6H2,1H3. The molecule has 0 spiro atoms. The number of fused-ring (bicyclic) bond motifs is 1. The van der Waals surface area contributed by atoms with Gasteiger partial charge < -0.3 is 0 Å². The fraction of sp³-hybridized carbons (Fsp3) is 0.900. The lowest BCUT2D eigenvalue weighted by atomic mass is 9.82. The maximum Gasteiger partial charge on any atom is 0.109 e. The van der Waals surface area contributed by atoms with Gasteiger partial charge in [-0.15, -0.1) is 0 Å². The fourth-order valence-electron chi connectivity index (χ4n) is 2.71. The molecular formula is C10H16N2. The summed E-state index contributed by atoms with van der Waals surface area (Å²) < 4.78 is 0. The van der Waals surface area contributed by atoms with Crippen molar-refractivity contribution in [3.05, 3.63) is 0 Å². The van der Waals surface area contributed by atoms with E-state index in [2.05, 4.69) is 18.3 Å². The molecule has 0 aromatic carbocycles. The maximum atomic E-state index is 9.16. The number of hydrogen-bond donors (Lipinski definition) is 1. The largest absolute Gasteiger partial charge is 0.299 e. The lowest BCUT2D eigenvalue weighted by molar-refractivity contribution is 0.283. The zero-order valence-electron chi connectivity index (χ0n) is 7.64. The Hall–Kier alpha value is -0.550. The van der Waals surface area contributed by atoms with E-state index in [0.29, 0.717) is 5.92 Å². The Labute approximate surface area is 74.0 Å². The normalized spacial score (nSPS) is 44.7. The molecule has 2 nitrogen and oxygen atoms in total. The molecule has 66 valence electrons. The van der Waals surface area contributed by atoms with Gasteiger partial charge in [-0.25, -0.2) is 0 Å². The molecule has 2 aliphatic carbocycles. The van der Waals surface area contributed by atoms with Gasteiger partial charge in [0.15, 0.2) is 0 Å². The predicted octanol–water partition coefficient (Wildman–Crippen LogP) is 1.68. The molecule has 0 aromatic heterocycles. The van der Waals surface area contributed by atoms with Crippen LogP contribution < -0.4 is 5.32 Å². The first-order valence-electron chi connectivity index (χ1n) is 4.98. The van der Waals surface area contributed by atoms with E-state index < -0.39 is 0 Å². The molecule has 0 aromatic rings. The molecule has 0 heterocycles. The van der Waals surface area contributed by atoms with Crippen molar-refractivity contribution in [2.24, 2.45) is 11.8 Å². The third-order valence-corrected chi connectivity index (χ3v) is 3.39. The molecule has 12 heavy (non-hydrogen) atoms. The molecule has 3 atom stereocenters. The zero-order chi connectivity index (χ0) is 8.60. The molecule has 0 aliphatic heterocycles. The van der Waals surface area contributed by atoms with Crippen LogP contribution in [0.15, 0.2) is 0 Å². The highest BCUT2D eigenvalue weighted by Crippen LogP contribution is 2.54. The Morgan fingerprint density at radius 2 is 2.50 bits per heavy atom. The molecular weight excluding hydrogens is 148 g/mol. The van der Waals surface area contributed by atoms with Crippen LogP contribution in [0.2, 0.25) is 0 Å². The van der Waals surface area contributed by atoms with Crippen LogP contribution in [0.4, 0.5) is 0 Å². The minimum Gasteiger partial charge on any atom is -0.299 e. The summed E-state index contributed by atoms with van der Waals surface area (Å²) >= 11 is 0. The van der Waals surface area contributed by atoms with Gasteiger partial charge in [0.1, 0.15) is 5.54 Å². The average molecular weight is 164 g/mol. The summed E-state index contributed by atoms with van der Waals surface area (Å²) in [6, 6.07) is 2.50. The number of hydrogen-bond acceptors (Lipinski definition) is 2. The highest BCUT2D eigenvalue weighted by molar-refractivity contribution is 5.19. The molecule has 0 radical (unpaired) electrons. The summed E-state index contributed by atoms with van der Waals surface area (Å²) in [6.45, 7) is 3.02. The molecule has 1 N–H and O–H groups in total. The van der Waals surface area contributed by atoms with Gasteiger partial charge in [0.25, 0.3) is 0 Å². The number of nitriles is 1. The number of rotatable bonds is 2. The van der Waals surface area contributed by atoms with Crippen LogP contribution in [0.3, 0.4) is 0 Å². The monoisotopic (exact) mass is 164 g/mol. The summed E-state index contributed by atoms with van der Waals surface area (Å²) in [5.41, 5.74) is -0.141. The van der Waals surface area contributed by atoms with Crippen molar-refractivity contribution >= 4 is 0 Å². The summed E-state index contributed by atoms with van der Waals surface area (Å²) in [7, 11) is 0. The van der Waals surface area contributed by atoms with Crippen LogP contribution in [0, 0.1) is 23.2 Å². The third-order valence-electron chi connectivity index (χ3n) is 3.39. The van der Waals surface area contributed by atoms with Crippen LogP contribution in [-0.2, 0) is 0 Å². The van der Waals surface area contributed by atoms with E-state index in [1.165, 1.54) is 19.3 Å². The Morgan fingerprint density at radius 1 is 1.67 bits per heavy atom. The van der Waals surface area contributed by atoms with E-state index in [4.69, 9.17) is 5.26 Å². The zero-order valence-corrected chi connectivity index (χ0v) is 7.64. The van der Waals surface area contributed by atoms with E-state index in [1.54, 1.807) is 0 Å². The Morgan fingerprint density at radius 3 is 3.17 bits per heavy atom. The lowest BCUT2D eigenvalue weighted by Crippen LogP contribution is -2.47. The summed E-state index contributed by atoms with van der Waals surface area (Å²) in [5.74, 6) is 1.55. The fourth-order valence-corrected chi connectivity index (χ4v) is 2.71. The van der Waals surface area contributed by atoms with Crippen molar-refractivity contribution in [1.29, 1.82) is 5.26 Å². The first-order valence-corrected chi connectivity index (χ1v) is 4.98. The quantitative estimate of drug-likeness (QED) is 0.674. The van der Waals surface area contributed by atoms with Gasteiger partial charge >= 0.3 is 0 Å². The van der Waals surface area contributed by atoms with E-state index in [1.807, 2.05) is 0 Å². The molecule has 2 saturated carbocycles. The highest BCUT2D eigenvalue weighted by atomic mass is 15.0. The Kier molecular flexibility index (Phi) is 1.84. The smallest absolute Gasteiger partial charge is 0.109 e. The van der Waals surface area contributed by atoms with Gasteiger partial charge in [0, 0.05) is 0 Å². The van der Waals surface area contributed by atoms with Crippen molar-refractivity contribution in [3.63, 3.8) is 0 Å². The second kappa shape index (κ2) is 2.74. The van der Waals surface area contributed by atoms with Gasteiger partial charge in [-0.3, -0.25) is 5.32 Å². The molecule has 3 unspecified atom stereocenters. The third kappa shape index (κ3) is 1.04. The van der Waals surface area contributed by atoms with Crippen molar-refractivity contribution < 1.29 is 0 Å². The summed E-state index contributed by atoms with van der Waals surface area (Å²) in [5, 5.41) is 12.5. The molecule has 2 heteroatoms. The molecule has 2 rings (SSSR count). The molecule has 0 saturated heterocycles. The second-order valence-electron chi connectivity index (χ2n) is 4.11. The van der Waals surface area contributed by atoms with Crippen LogP contribution in [0.1, 0.15) is 32.6 Å². The summed E-state index contributed by atoms with van der Waals surface area (Å²) in [4.78, 5) is 0. The molecule has 0 amide bonds. The Balaban J connectivity index is 2.11. The minimum atomic E-state index is -0.141. The van der Waals surface area contributed by atoms with Crippen LogP contribution in [-0.4, -0.2) is 12.1 Å². The Bertz CT molecular complexity index is 214. The van der Waals surface area contributed by atoms with Crippen LogP contribution >= 0.6 is 0 Å². The average Bonchev–Trinajstić information content (AvgIpc) is 2.85. The molecule has 0 bridgehead atoms. The van der Waals surface area contributed by atoms with E-state index in [-0.39, 0.29) is 5.54 Å². The first-order chi connectivity index (χ1) is 5.82. The lowest BCUT2D eigenvalue weighted by Gasteiger charge is -2.31. The summed E-state index contributed by atoms with van der Waals surface area (Å²) in [6.07, 6.45) is 4.96. The van der Waals surface area contributed by atoms with Gasteiger partial charge in [0.05, 0.1) is 6.07 Å². The van der Waals surface area contributed by atoms with Crippen molar-refractivity contribution in [2.75, 3.05) is 6.54 Å².